The zero-order valence-electron chi connectivity index (χ0n) is 14.4. The second-order valence-corrected chi connectivity index (χ2v) is 9.15. The van der Waals surface area contributed by atoms with Crippen LogP contribution in [0.4, 0.5) is 5.69 Å². The van der Waals surface area contributed by atoms with Crippen molar-refractivity contribution < 1.29 is 13.2 Å². The molecule has 136 valence electrons. The fourth-order valence-electron chi connectivity index (χ4n) is 4.72. The van der Waals surface area contributed by atoms with Gasteiger partial charge in [-0.05, 0) is 43.3 Å². The van der Waals surface area contributed by atoms with Crippen molar-refractivity contribution >= 4 is 32.4 Å². The summed E-state index contributed by atoms with van der Waals surface area (Å²) in [5, 5.41) is 4.99. The normalized spacial score (nSPS) is 26.3. The molecule has 0 radical (unpaired) electrons. The Morgan fingerprint density at radius 1 is 1.08 bits per heavy atom. The summed E-state index contributed by atoms with van der Waals surface area (Å²) in [5.41, 5.74) is 0.617. The molecule has 2 bridgehead atoms. The number of hydrogen-bond donors (Lipinski definition) is 1. The Hall–Kier alpha value is -2.12. The molecule has 0 aromatic heterocycles. The third kappa shape index (κ3) is 2.20. The predicted molar refractivity (Wildman–Crippen MR) is 99.6 cm³/mol. The van der Waals surface area contributed by atoms with Crippen molar-refractivity contribution in [2.45, 2.75) is 36.2 Å². The molecule has 3 aliphatic heterocycles. The lowest BCUT2D eigenvalue weighted by Gasteiger charge is -2.30. The molecule has 2 atom stereocenters. The van der Waals surface area contributed by atoms with Crippen LogP contribution in [0.2, 0.25) is 0 Å². The van der Waals surface area contributed by atoms with Crippen LogP contribution < -0.4 is 9.62 Å². The van der Waals surface area contributed by atoms with E-state index in [1.807, 2.05) is 23.1 Å². The monoisotopic (exact) mass is 371 g/mol. The Morgan fingerprint density at radius 3 is 2.69 bits per heavy atom. The minimum absolute atomic E-state index is 0.0883. The van der Waals surface area contributed by atoms with E-state index in [0.29, 0.717) is 10.6 Å². The highest BCUT2D eigenvalue weighted by Gasteiger charge is 2.42. The van der Waals surface area contributed by atoms with Crippen LogP contribution in [0.3, 0.4) is 0 Å². The molecule has 2 fully saturated rings. The van der Waals surface area contributed by atoms with Gasteiger partial charge in [0.25, 0.3) is 10.0 Å². The summed E-state index contributed by atoms with van der Waals surface area (Å²) in [6, 6.07) is 11.2. The Kier molecular flexibility index (Phi) is 3.52. The molecule has 2 aromatic carbocycles. The Balaban J connectivity index is 1.52. The summed E-state index contributed by atoms with van der Waals surface area (Å²) in [6.45, 7) is 1.59. The van der Waals surface area contributed by atoms with E-state index in [2.05, 4.69) is 5.32 Å². The molecule has 0 spiro atoms. The molecule has 1 N–H and O–H groups in total. The largest absolute Gasteiger partial charge is 0.334 e. The van der Waals surface area contributed by atoms with Crippen molar-refractivity contribution in [1.29, 1.82) is 0 Å². The van der Waals surface area contributed by atoms with Gasteiger partial charge in [0.15, 0.2) is 0 Å². The molecule has 1 amide bonds. The Morgan fingerprint density at radius 2 is 1.85 bits per heavy atom. The summed E-state index contributed by atoms with van der Waals surface area (Å²) < 4.78 is 27.4. The second kappa shape index (κ2) is 5.69. The molecule has 2 unspecified atom stereocenters. The fraction of sp³-hybridized carbons (Fsp3) is 0.421. The van der Waals surface area contributed by atoms with Gasteiger partial charge < -0.3 is 10.2 Å². The van der Waals surface area contributed by atoms with E-state index in [4.69, 9.17) is 0 Å². The Bertz CT molecular complexity index is 985. The summed E-state index contributed by atoms with van der Waals surface area (Å²) in [5.74, 6) is -0.0883. The molecule has 26 heavy (non-hydrogen) atoms. The highest BCUT2D eigenvalue weighted by atomic mass is 32.2. The van der Waals surface area contributed by atoms with E-state index in [9.17, 15) is 13.2 Å². The number of anilines is 1. The lowest BCUT2D eigenvalue weighted by molar-refractivity contribution is -0.132. The molecule has 0 aliphatic carbocycles. The minimum atomic E-state index is -3.69. The van der Waals surface area contributed by atoms with Crippen LogP contribution in [0.15, 0.2) is 41.3 Å². The number of benzene rings is 2. The van der Waals surface area contributed by atoms with Gasteiger partial charge in [-0.25, -0.2) is 8.42 Å². The maximum Gasteiger partial charge on any atom is 0.265 e. The van der Waals surface area contributed by atoms with E-state index in [1.165, 1.54) is 4.31 Å². The summed E-state index contributed by atoms with van der Waals surface area (Å²) >= 11 is 0. The highest BCUT2D eigenvalue weighted by molar-refractivity contribution is 7.93. The first-order chi connectivity index (χ1) is 12.6. The quantitative estimate of drug-likeness (QED) is 0.872. The van der Waals surface area contributed by atoms with Gasteiger partial charge in [-0.15, -0.1) is 0 Å². The summed E-state index contributed by atoms with van der Waals surface area (Å²) in [6.07, 6.45) is 2.94. The Labute approximate surface area is 152 Å². The number of carbonyl (C=O) groups is 1. The lowest BCUT2D eigenvalue weighted by atomic mass is 10.1. The van der Waals surface area contributed by atoms with Crippen molar-refractivity contribution in [3.8, 4) is 0 Å². The number of fused-ring (bicyclic) bond motifs is 2. The van der Waals surface area contributed by atoms with Crippen LogP contribution in [-0.4, -0.2) is 50.9 Å². The number of nitrogens with zero attached hydrogens (tertiary/aromatic N) is 2. The van der Waals surface area contributed by atoms with Crippen molar-refractivity contribution in [2.24, 2.45) is 0 Å². The third-order valence-electron chi connectivity index (χ3n) is 5.90. The van der Waals surface area contributed by atoms with Crippen molar-refractivity contribution in [3.63, 3.8) is 0 Å². The van der Waals surface area contributed by atoms with E-state index in [0.717, 1.165) is 43.1 Å². The standard InChI is InChI=1S/C19H21N3O3S/c23-18(22-14-7-8-15(22)11-20-10-9-14)12-21-16-5-1-3-13-4-2-6-17(19(13)16)26(21,24)25/h1-6,14-15,20H,7-12H2. The van der Waals surface area contributed by atoms with Crippen LogP contribution >= 0.6 is 0 Å². The van der Waals surface area contributed by atoms with Gasteiger partial charge in [0, 0.05) is 24.0 Å². The first kappa shape index (κ1) is 16.1. The molecule has 7 heteroatoms. The maximum absolute atomic E-state index is 13.1. The topological polar surface area (TPSA) is 69.7 Å². The first-order valence-corrected chi connectivity index (χ1v) is 10.6. The van der Waals surface area contributed by atoms with E-state index >= 15 is 0 Å². The van der Waals surface area contributed by atoms with E-state index in [-0.39, 0.29) is 24.5 Å². The van der Waals surface area contributed by atoms with Crippen molar-refractivity contribution in [3.05, 3.63) is 36.4 Å². The highest BCUT2D eigenvalue weighted by Crippen LogP contribution is 2.42. The van der Waals surface area contributed by atoms with Gasteiger partial charge >= 0.3 is 0 Å². The fourth-order valence-corrected chi connectivity index (χ4v) is 6.38. The summed E-state index contributed by atoms with van der Waals surface area (Å²) in [4.78, 5) is 15.4. The number of sulfonamides is 1. The number of rotatable bonds is 2. The molecule has 2 saturated heterocycles. The molecule has 3 aliphatic rings. The van der Waals surface area contributed by atoms with Crippen molar-refractivity contribution in [1.82, 2.24) is 10.2 Å². The number of nitrogens with one attached hydrogen (secondary N) is 1. The number of carbonyl (C=O) groups excluding carboxylic acids is 1. The average Bonchev–Trinajstić information content (AvgIpc) is 3.01. The van der Waals surface area contributed by atoms with Gasteiger partial charge in [0.05, 0.1) is 10.6 Å². The van der Waals surface area contributed by atoms with Crippen LogP contribution in [0.25, 0.3) is 10.8 Å². The zero-order chi connectivity index (χ0) is 17.9. The SMILES string of the molecule is O=C(CN1c2cccc3cccc(c23)S1(=O)=O)N1C2CCNCC1CC2. The van der Waals surface area contributed by atoms with Crippen LogP contribution in [0.5, 0.6) is 0 Å². The third-order valence-corrected chi connectivity index (χ3v) is 7.70. The zero-order valence-corrected chi connectivity index (χ0v) is 15.2. The van der Waals surface area contributed by atoms with Crippen LogP contribution in [-0.2, 0) is 14.8 Å². The van der Waals surface area contributed by atoms with Gasteiger partial charge in [-0.3, -0.25) is 9.10 Å². The second-order valence-electron chi connectivity index (χ2n) is 7.32. The molecular formula is C19H21N3O3S. The molecule has 5 rings (SSSR count). The molecule has 2 aromatic rings. The minimum Gasteiger partial charge on any atom is -0.334 e. The predicted octanol–water partition coefficient (Wildman–Crippen LogP) is 1.70. The number of hydrogen-bond acceptors (Lipinski definition) is 4. The van der Waals surface area contributed by atoms with E-state index in [1.54, 1.807) is 18.2 Å². The molecular weight excluding hydrogens is 350 g/mol. The van der Waals surface area contributed by atoms with Gasteiger partial charge in [0.2, 0.25) is 5.91 Å². The van der Waals surface area contributed by atoms with Gasteiger partial charge in [-0.2, -0.15) is 0 Å². The van der Waals surface area contributed by atoms with E-state index < -0.39 is 10.0 Å². The summed E-state index contributed by atoms with van der Waals surface area (Å²) in [7, 11) is -3.69. The van der Waals surface area contributed by atoms with Crippen LogP contribution in [0, 0.1) is 0 Å². The smallest absolute Gasteiger partial charge is 0.265 e. The lowest BCUT2D eigenvalue weighted by Crippen LogP contribution is -2.48. The number of amides is 1. The van der Waals surface area contributed by atoms with Crippen LogP contribution in [0.1, 0.15) is 19.3 Å². The maximum atomic E-state index is 13.1. The van der Waals surface area contributed by atoms with Gasteiger partial charge in [-0.1, -0.05) is 24.3 Å². The molecule has 0 saturated carbocycles. The molecule has 6 nitrogen and oxygen atoms in total. The first-order valence-electron chi connectivity index (χ1n) is 9.14. The van der Waals surface area contributed by atoms with Gasteiger partial charge in [0.1, 0.15) is 6.54 Å². The molecule has 3 heterocycles. The average molecular weight is 371 g/mol. The van der Waals surface area contributed by atoms with Crippen molar-refractivity contribution in [2.75, 3.05) is 23.9 Å².